The fourth-order valence-corrected chi connectivity index (χ4v) is 2.59. The van der Waals surface area contributed by atoms with Gasteiger partial charge >= 0.3 is 0 Å². The molecule has 1 unspecified atom stereocenters. The highest BCUT2D eigenvalue weighted by Gasteiger charge is 2.16. The average Bonchev–Trinajstić information content (AvgIpc) is 2.47. The number of rotatable bonds is 6. The standard InChI is InChI=1S/C12H24ClNO/c1-15-10-12(8-9-13)14-11-6-4-2-3-5-7-11/h11-12,14H,2-10H2,1H3. The highest BCUT2D eigenvalue weighted by atomic mass is 35.5. The van der Waals surface area contributed by atoms with Crippen LogP contribution in [0.1, 0.15) is 44.9 Å². The minimum Gasteiger partial charge on any atom is -0.383 e. The van der Waals surface area contributed by atoms with Crippen LogP contribution >= 0.6 is 11.6 Å². The number of halogens is 1. The zero-order chi connectivity index (χ0) is 10.9. The van der Waals surface area contributed by atoms with Gasteiger partial charge in [-0.1, -0.05) is 25.7 Å². The summed E-state index contributed by atoms with van der Waals surface area (Å²) in [4.78, 5) is 0. The summed E-state index contributed by atoms with van der Waals surface area (Å²) in [6.07, 6.45) is 9.21. The Morgan fingerprint density at radius 3 is 2.47 bits per heavy atom. The van der Waals surface area contributed by atoms with Crippen LogP contribution in [0.4, 0.5) is 0 Å². The Morgan fingerprint density at radius 2 is 1.93 bits per heavy atom. The molecule has 1 fully saturated rings. The van der Waals surface area contributed by atoms with E-state index in [9.17, 15) is 0 Å². The molecule has 0 radical (unpaired) electrons. The Hall–Kier alpha value is 0.210. The second-order valence-corrected chi connectivity index (χ2v) is 4.86. The van der Waals surface area contributed by atoms with Crippen LogP contribution in [-0.2, 0) is 4.74 Å². The number of hydrogen-bond donors (Lipinski definition) is 1. The fourth-order valence-electron chi connectivity index (χ4n) is 2.33. The highest BCUT2D eigenvalue weighted by Crippen LogP contribution is 2.18. The van der Waals surface area contributed by atoms with E-state index in [1.807, 2.05) is 0 Å². The molecule has 1 aliphatic carbocycles. The van der Waals surface area contributed by atoms with E-state index in [-0.39, 0.29) is 0 Å². The van der Waals surface area contributed by atoms with Crippen molar-refractivity contribution in [3.8, 4) is 0 Å². The molecule has 0 aliphatic heterocycles. The van der Waals surface area contributed by atoms with Gasteiger partial charge in [-0.25, -0.2) is 0 Å². The van der Waals surface area contributed by atoms with Crippen molar-refractivity contribution in [2.45, 2.75) is 57.0 Å². The molecule has 15 heavy (non-hydrogen) atoms. The number of nitrogens with one attached hydrogen (secondary N) is 1. The van der Waals surface area contributed by atoms with E-state index in [4.69, 9.17) is 16.3 Å². The lowest BCUT2D eigenvalue weighted by molar-refractivity contribution is 0.157. The fraction of sp³-hybridized carbons (Fsp3) is 1.00. The van der Waals surface area contributed by atoms with Gasteiger partial charge in [0.05, 0.1) is 6.61 Å². The quantitative estimate of drug-likeness (QED) is 0.563. The molecular weight excluding hydrogens is 210 g/mol. The first-order valence-corrected chi connectivity index (χ1v) is 6.71. The van der Waals surface area contributed by atoms with Crippen molar-refractivity contribution in [3.05, 3.63) is 0 Å². The van der Waals surface area contributed by atoms with Crippen molar-refractivity contribution in [1.29, 1.82) is 0 Å². The lowest BCUT2D eigenvalue weighted by Crippen LogP contribution is -2.41. The van der Waals surface area contributed by atoms with Crippen LogP contribution < -0.4 is 5.32 Å². The van der Waals surface area contributed by atoms with Crippen LogP contribution in [0, 0.1) is 0 Å². The summed E-state index contributed by atoms with van der Waals surface area (Å²) < 4.78 is 5.21. The second-order valence-electron chi connectivity index (χ2n) is 4.49. The maximum atomic E-state index is 5.79. The van der Waals surface area contributed by atoms with E-state index in [0.717, 1.165) is 13.0 Å². The molecule has 1 atom stereocenters. The molecule has 0 bridgehead atoms. The highest BCUT2D eigenvalue weighted by molar-refractivity contribution is 6.17. The lowest BCUT2D eigenvalue weighted by atomic mass is 10.1. The van der Waals surface area contributed by atoms with Gasteiger partial charge in [0.15, 0.2) is 0 Å². The minimum absolute atomic E-state index is 0.440. The summed E-state index contributed by atoms with van der Waals surface area (Å²) in [5.74, 6) is 0.716. The van der Waals surface area contributed by atoms with E-state index in [2.05, 4.69) is 5.32 Å². The van der Waals surface area contributed by atoms with Crippen molar-refractivity contribution >= 4 is 11.6 Å². The summed E-state index contributed by atoms with van der Waals surface area (Å²) in [5, 5.41) is 3.69. The predicted molar refractivity (Wildman–Crippen MR) is 65.6 cm³/mol. The van der Waals surface area contributed by atoms with Crippen molar-refractivity contribution in [1.82, 2.24) is 5.32 Å². The van der Waals surface area contributed by atoms with Gasteiger partial charge in [0.1, 0.15) is 0 Å². The van der Waals surface area contributed by atoms with Crippen LogP contribution in [0.15, 0.2) is 0 Å². The molecule has 0 amide bonds. The number of alkyl halides is 1. The molecule has 2 nitrogen and oxygen atoms in total. The topological polar surface area (TPSA) is 21.3 Å². The molecule has 1 rings (SSSR count). The molecule has 1 N–H and O–H groups in total. The first-order valence-electron chi connectivity index (χ1n) is 6.17. The third-order valence-electron chi connectivity index (χ3n) is 3.15. The smallest absolute Gasteiger partial charge is 0.0616 e. The Morgan fingerprint density at radius 1 is 1.27 bits per heavy atom. The molecule has 3 heteroatoms. The molecular formula is C12H24ClNO. The van der Waals surface area contributed by atoms with Crippen molar-refractivity contribution < 1.29 is 4.74 Å². The van der Waals surface area contributed by atoms with Gasteiger partial charge in [0, 0.05) is 25.1 Å². The normalized spacial score (nSPS) is 21.2. The van der Waals surface area contributed by atoms with Gasteiger partial charge in [-0.3, -0.25) is 0 Å². The van der Waals surface area contributed by atoms with Crippen molar-refractivity contribution in [2.24, 2.45) is 0 Å². The van der Waals surface area contributed by atoms with Crippen LogP contribution in [-0.4, -0.2) is 31.7 Å². The van der Waals surface area contributed by atoms with Crippen LogP contribution in [0.2, 0.25) is 0 Å². The molecule has 0 heterocycles. The summed E-state index contributed by atoms with van der Waals surface area (Å²) in [7, 11) is 1.76. The minimum atomic E-state index is 0.440. The monoisotopic (exact) mass is 233 g/mol. The zero-order valence-electron chi connectivity index (χ0n) is 9.80. The lowest BCUT2D eigenvalue weighted by Gasteiger charge is -2.23. The largest absolute Gasteiger partial charge is 0.383 e. The van der Waals surface area contributed by atoms with Crippen LogP contribution in [0.3, 0.4) is 0 Å². The molecule has 0 aromatic heterocycles. The van der Waals surface area contributed by atoms with E-state index >= 15 is 0 Å². The molecule has 1 saturated carbocycles. The Bertz CT molecular complexity index is 141. The molecule has 1 aliphatic rings. The summed E-state index contributed by atoms with van der Waals surface area (Å²) in [6.45, 7) is 0.781. The van der Waals surface area contributed by atoms with Gasteiger partial charge in [0.2, 0.25) is 0 Å². The Labute approximate surface area is 98.7 Å². The maximum absolute atomic E-state index is 5.79. The van der Waals surface area contributed by atoms with Crippen LogP contribution in [0.25, 0.3) is 0 Å². The predicted octanol–water partition coefficient (Wildman–Crippen LogP) is 2.94. The SMILES string of the molecule is COCC(CCCl)NC1CCCCCC1. The molecule has 0 saturated heterocycles. The van der Waals surface area contributed by atoms with Crippen LogP contribution in [0.5, 0.6) is 0 Å². The van der Waals surface area contributed by atoms with Gasteiger partial charge in [-0.15, -0.1) is 11.6 Å². The van der Waals surface area contributed by atoms with Crippen molar-refractivity contribution in [3.63, 3.8) is 0 Å². The number of ether oxygens (including phenoxy) is 1. The number of methoxy groups -OCH3 is 1. The zero-order valence-corrected chi connectivity index (χ0v) is 10.6. The van der Waals surface area contributed by atoms with E-state index < -0.39 is 0 Å². The molecule has 90 valence electrons. The van der Waals surface area contributed by atoms with Gasteiger partial charge in [0.25, 0.3) is 0 Å². The first-order chi connectivity index (χ1) is 7.36. The first kappa shape index (κ1) is 13.3. The third-order valence-corrected chi connectivity index (χ3v) is 3.37. The molecule has 0 aromatic carbocycles. The Balaban J connectivity index is 2.27. The summed E-state index contributed by atoms with van der Waals surface area (Å²) in [6, 6.07) is 1.13. The Kier molecular flexibility index (Phi) is 7.41. The molecule has 0 spiro atoms. The van der Waals surface area contributed by atoms with Gasteiger partial charge in [-0.05, 0) is 19.3 Å². The third kappa shape index (κ3) is 5.74. The van der Waals surface area contributed by atoms with E-state index in [1.165, 1.54) is 38.5 Å². The average molecular weight is 234 g/mol. The van der Waals surface area contributed by atoms with E-state index in [0.29, 0.717) is 18.0 Å². The number of hydrogen-bond acceptors (Lipinski definition) is 2. The molecule has 0 aromatic rings. The maximum Gasteiger partial charge on any atom is 0.0616 e. The van der Waals surface area contributed by atoms with E-state index in [1.54, 1.807) is 7.11 Å². The summed E-state index contributed by atoms with van der Waals surface area (Å²) >= 11 is 5.79. The van der Waals surface area contributed by atoms with Crippen molar-refractivity contribution in [2.75, 3.05) is 19.6 Å². The van der Waals surface area contributed by atoms with Gasteiger partial charge in [-0.2, -0.15) is 0 Å². The van der Waals surface area contributed by atoms with Gasteiger partial charge < -0.3 is 10.1 Å². The summed E-state index contributed by atoms with van der Waals surface area (Å²) in [5.41, 5.74) is 0. The second kappa shape index (κ2) is 8.37.